The minimum atomic E-state index is -0.0660. The minimum absolute atomic E-state index is 0. The first-order chi connectivity index (χ1) is 15.1. The van der Waals surface area contributed by atoms with Gasteiger partial charge in [-0.15, -0.1) is 22.6 Å². The van der Waals surface area contributed by atoms with Crippen molar-refractivity contribution in [2.45, 2.75) is 38.9 Å². The number of anilines is 1. The van der Waals surface area contributed by atoms with Crippen LogP contribution in [0.2, 0.25) is 0 Å². The first-order valence-electron chi connectivity index (χ1n) is 10.6. The zero-order valence-corrected chi connectivity index (χ0v) is 19.2. The van der Waals surface area contributed by atoms with Gasteiger partial charge in [-0.1, -0.05) is 6.07 Å². The van der Waals surface area contributed by atoms with Crippen molar-refractivity contribution in [3.05, 3.63) is 53.3 Å². The molecule has 1 aromatic carbocycles. The van der Waals surface area contributed by atoms with Gasteiger partial charge in [0.25, 0.3) is 5.91 Å². The summed E-state index contributed by atoms with van der Waals surface area (Å²) in [6.45, 7) is 3.35. The van der Waals surface area contributed by atoms with Crippen LogP contribution < -0.4 is 15.0 Å². The molecule has 1 N–H and O–H groups in total. The molecule has 1 fully saturated rings. The number of methoxy groups -OCH3 is 1. The highest BCUT2D eigenvalue weighted by Gasteiger charge is 2.33. The molecule has 3 aromatic rings. The van der Waals surface area contributed by atoms with Crippen molar-refractivity contribution in [2.75, 3.05) is 19.1 Å². The highest BCUT2D eigenvalue weighted by atomic mass is 35.5. The van der Waals surface area contributed by atoms with E-state index in [0.29, 0.717) is 42.2 Å². The molecular formula is C23H27ClN6O2. The molecule has 3 heterocycles. The molecule has 5 rings (SSSR count). The van der Waals surface area contributed by atoms with Gasteiger partial charge in [0.1, 0.15) is 23.6 Å². The topological polar surface area (TPSA) is 85.2 Å². The molecule has 9 heteroatoms. The lowest BCUT2D eigenvalue weighted by Gasteiger charge is -2.17. The van der Waals surface area contributed by atoms with Gasteiger partial charge in [-0.3, -0.25) is 9.69 Å². The second-order valence-electron chi connectivity index (χ2n) is 8.26. The quantitative estimate of drug-likeness (QED) is 0.586. The molecule has 2 aromatic heterocycles. The molecule has 1 amide bonds. The largest absolute Gasteiger partial charge is 0.497 e. The predicted molar refractivity (Wildman–Crippen MR) is 124 cm³/mol. The Morgan fingerprint density at radius 1 is 1.28 bits per heavy atom. The second-order valence-corrected chi connectivity index (χ2v) is 8.26. The van der Waals surface area contributed by atoms with Crippen LogP contribution in [0.1, 0.15) is 47.3 Å². The number of hydrogen-bond donors (Lipinski definition) is 1. The van der Waals surface area contributed by atoms with E-state index >= 15 is 0 Å². The summed E-state index contributed by atoms with van der Waals surface area (Å²) < 4.78 is 7.51. The number of hydrogen-bond acceptors (Lipinski definition) is 6. The number of benzene rings is 1. The summed E-state index contributed by atoms with van der Waals surface area (Å²) in [5.74, 6) is 2.64. The number of fused-ring (bicyclic) bond motifs is 1. The number of nitrogens with one attached hydrogen (secondary N) is 1. The molecule has 168 valence electrons. The summed E-state index contributed by atoms with van der Waals surface area (Å²) >= 11 is 0. The third-order valence-electron chi connectivity index (χ3n) is 6.27. The standard InChI is InChI=1S/C23H26N6O2.ClH/c1-14(15-7-8-15)29-13-25-27-22(29)20-5-4-6-21(26-20)28-12-19-16(11-24-2)9-17(31-3)10-18(19)23(28)30;/h4-6,9-10,13-15,24H,7-8,11-12H2,1-3H3;1H/t14-;/m0./s1. The minimum Gasteiger partial charge on any atom is -0.497 e. The Balaban J connectivity index is 0.00000245. The van der Waals surface area contributed by atoms with Gasteiger partial charge in [0.15, 0.2) is 5.82 Å². The maximum Gasteiger partial charge on any atom is 0.260 e. The summed E-state index contributed by atoms with van der Waals surface area (Å²) in [5.41, 5.74) is 3.46. The van der Waals surface area contributed by atoms with Gasteiger partial charge in [-0.25, -0.2) is 4.98 Å². The maximum atomic E-state index is 13.3. The second kappa shape index (κ2) is 8.88. The van der Waals surface area contributed by atoms with Gasteiger partial charge in [-0.2, -0.15) is 0 Å². The third-order valence-corrected chi connectivity index (χ3v) is 6.27. The van der Waals surface area contributed by atoms with E-state index in [1.165, 1.54) is 12.8 Å². The van der Waals surface area contributed by atoms with Crippen LogP contribution >= 0.6 is 12.4 Å². The van der Waals surface area contributed by atoms with Gasteiger partial charge in [0.05, 0.1) is 13.7 Å². The Morgan fingerprint density at radius 2 is 2.09 bits per heavy atom. The third kappa shape index (κ3) is 3.84. The van der Waals surface area contributed by atoms with E-state index in [2.05, 4.69) is 27.0 Å². The molecule has 1 atom stereocenters. The Hall–Kier alpha value is -2.97. The number of carbonyl (C=O) groups is 1. The Morgan fingerprint density at radius 3 is 2.81 bits per heavy atom. The van der Waals surface area contributed by atoms with Crippen LogP contribution in [0.15, 0.2) is 36.7 Å². The van der Waals surface area contributed by atoms with Crippen LogP contribution in [-0.4, -0.2) is 39.8 Å². The number of aromatic nitrogens is 4. The fraction of sp³-hybridized carbons (Fsp3) is 0.391. The number of carbonyl (C=O) groups excluding carboxylic acids is 1. The lowest BCUT2D eigenvalue weighted by molar-refractivity contribution is 0.0995. The van der Waals surface area contributed by atoms with Crippen molar-refractivity contribution >= 4 is 24.1 Å². The lowest BCUT2D eigenvalue weighted by atomic mass is 10.0. The lowest BCUT2D eigenvalue weighted by Crippen LogP contribution is -2.24. The molecule has 32 heavy (non-hydrogen) atoms. The number of halogens is 1. The van der Waals surface area contributed by atoms with Gasteiger partial charge < -0.3 is 14.6 Å². The molecule has 1 saturated carbocycles. The molecule has 0 radical (unpaired) electrons. The van der Waals surface area contributed by atoms with Crippen molar-refractivity contribution in [1.82, 2.24) is 25.1 Å². The average molecular weight is 455 g/mol. The number of ether oxygens (including phenoxy) is 1. The fourth-order valence-corrected chi connectivity index (χ4v) is 4.33. The summed E-state index contributed by atoms with van der Waals surface area (Å²) in [4.78, 5) is 19.8. The van der Waals surface area contributed by atoms with Crippen LogP contribution in [0.4, 0.5) is 5.82 Å². The monoisotopic (exact) mass is 454 g/mol. The molecule has 1 aliphatic heterocycles. The van der Waals surface area contributed by atoms with E-state index in [1.54, 1.807) is 18.3 Å². The molecule has 0 spiro atoms. The molecule has 1 aliphatic carbocycles. The average Bonchev–Trinajstić information content (AvgIpc) is 3.43. The highest BCUT2D eigenvalue weighted by molar-refractivity contribution is 6.10. The Kier molecular flexibility index (Phi) is 6.17. The molecule has 2 aliphatic rings. The first-order valence-corrected chi connectivity index (χ1v) is 10.6. The number of rotatable bonds is 7. The molecule has 0 unspecified atom stereocenters. The summed E-state index contributed by atoms with van der Waals surface area (Å²) in [6, 6.07) is 9.85. The van der Waals surface area contributed by atoms with Crippen LogP contribution in [0.5, 0.6) is 5.75 Å². The first kappa shape index (κ1) is 22.2. The summed E-state index contributed by atoms with van der Waals surface area (Å²) in [6.07, 6.45) is 4.26. The number of pyridine rings is 1. The number of nitrogens with zero attached hydrogens (tertiary/aromatic N) is 5. The highest BCUT2D eigenvalue weighted by Crippen LogP contribution is 2.40. The van der Waals surface area contributed by atoms with Crippen molar-refractivity contribution in [1.29, 1.82) is 0 Å². The van der Waals surface area contributed by atoms with E-state index in [-0.39, 0.29) is 18.3 Å². The van der Waals surface area contributed by atoms with E-state index in [0.717, 1.165) is 22.6 Å². The van der Waals surface area contributed by atoms with E-state index in [1.807, 2.05) is 37.4 Å². The molecular weight excluding hydrogens is 428 g/mol. The maximum absolute atomic E-state index is 13.3. The van der Waals surface area contributed by atoms with Crippen molar-refractivity contribution in [3.8, 4) is 17.3 Å². The predicted octanol–water partition coefficient (Wildman–Crippen LogP) is 3.62. The molecule has 0 bridgehead atoms. The van der Waals surface area contributed by atoms with Crippen molar-refractivity contribution in [3.63, 3.8) is 0 Å². The molecule has 8 nitrogen and oxygen atoms in total. The van der Waals surface area contributed by atoms with Crippen LogP contribution in [0, 0.1) is 5.92 Å². The van der Waals surface area contributed by atoms with E-state index in [4.69, 9.17) is 9.72 Å². The van der Waals surface area contributed by atoms with Crippen LogP contribution in [-0.2, 0) is 13.1 Å². The summed E-state index contributed by atoms with van der Waals surface area (Å²) in [5, 5.41) is 11.6. The van der Waals surface area contributed by atoms with Gasteiger partial charge in [0, 0.05) is 18.2 Å². The van der Waals surface area contributed by atoms with Crippen LogP contribution in [0.3, 0.4) is 0 Å². The van der Waals surface area contributed by atoms with E-state index in [9.17, 15) is 4.79 Å². The number of amides is 1. The van der Waals surface area contributed by atoms with Crippen LogP contribution in [0.25, 0.3) is 11.5 Å². The fourth-order valence-electron chi connectivity index (χ4n) is 4.33. The van der Waals surface area contributed by atoms with Crippen molar-refractivity contribution in [2.24, 2.45) is 5.92 Å². The Bertz CT molecular complexity index is 1140. The van der Waals surface area contributed by atoms with Gasteiger partial charge in [0.2, 0.25) is 0 Å². The van der Waals surface area contributed by atoms with Gasteiger partial charge in [-0.05, 0) is 68.1 Å². The molecule has 0 saturated heterocycles. The zero-order chi connectivity index (χ0) is 21.5. The SMILES string of the molecule is CNCc1cc(OC)cc2c1CN(c1cccc(-c3nncn3[C@@H](C)C3CC3)n1)C2=O.Cl. The normalized spacial score (nSPS) is 16.0. The Labute approximate surface area is 193 Å². The zero-order valence-electron chi connectivity index (χ0n) is 18.4. The van der Waals surface area contributed by atoms with E-state index < -0.39 is 0 Å². The van der Waals surface area contributed by atoms with Gasteiger partial charge >= 0.3 is 0 Å². The summed E-state index contributed by atoms with van der Waals surface area (Å²) in [7, 11) is 3.51. The van der Waals surface area contributed by atoms with Crippen molar-refractivity contribution < 1.29 is 9.53 Å². The smallest absolute Gasteiger partial charge is 0.260 e.